The van der Waals surface area contributed by atoms with E-state index in [-0.39, 0.29) is 5.54 Å². The summed E-state index contributed by atoms with van der Waals surface area (Å²) in [4.78, 5) is 9.74. The Morgan fingerprint density at radius 1 is 1.00 bits per heavy atom. The number of anilines is 1. The number of benzene rings is 2. The zero-order valence-corrected chi connectivity index (χ0v) is 15.2. The Kier molecular flexibility index (Phi) is 3.65. The van der Waals surface area contributed by atoms with Gasteiger partial charge in [-0.3, -0.25) is 0 Å². The van der Waals surface area contributed by atoms with Crippen molar-refractivity contribution in [3.8, 4) is 0 Å². The maximum Gasteiger partial charge on any atom is 0.165 e. The lowest BCUT2D eigenvalue weighted by Gasteiger charge is -2.19. The molecule has 4 rings (SSSR count). The number of nitrogens with two attached hydrogens (primary N) is 1. The Labute approximate surface area is 150 Å². The van der Waals surface area contributed by atoms with E-state index in [1.807, 2.05) is 10.7 Å². The van der Waals surface area contributed by atoms with Gasteiger partial charge in [-0.25, -0.2) is 14.6 Å². The van der Waals surface area contributed by atoms with E-state index in [0.29, 0.717) is 5.82 Å². The molecular formula is C19H19N5S. The zero-order chi connectivity index (χ0) is 17.6. The van der Waals surface area contributed by atoms with Gasteiger partial charge in [0, 0.05) is 4.90 Å². The minimum absolute atomic E-state index is 0.198. The maximum atomic E-state index is 6.16. The van der Waals surface area contributed by atoms with Crippen molar-refractivity contribution < 1.29 is 0 Å². The molecule has 0 aliphatic heterocycles. The molecule has 0 saturated heterocycles. The van der Waals surface area contributed by atoms with Crippen molar-refractivity contribution in [3.05, 3.63) is 48.8 Å². The summed E-state index contributed by atoms with van der Waals surface area (Å²) < 4.78 is 1.92. The summed E-state index contributed by atoms with van der Waals surface area (Å²) in [5.41, 5.74) is 6.73. The fourth-order valence-electron chi connectivity index (χ4n) is 2.87. The zero-order valence-electron chi connectivity index (χ0n) is 14.4. The van der Waals surface area contributed by atoms with E-state index in [1.54, 1.807) is 11.8 Å². The van der Waals surface area contributed by atoms with Gasteiger partial charge >= 0.3 is 0 Å². The molecule has 0 aliphatic carbocycles. The molecule has 25 heavy (non-hydrogen) atoms. The standard InChI is InChI=1S/C19H19N5S/c1-19(2,3)24-17-15(16(20)21-11-22-17)18(23-24)25-14-10-6-8-12-7-4-5-9-13(12)14/h4-11H,1-3H3,(H2,20,21,22). The Morgan fingerprint density at radius 2 is 1.76 bits per heavy atom. The molecule has 0 saturated carbocycles. The fourth-order valence-corrected chi connectivity index (χ4v) is 3.94. The van der Waals surface area contributed by atoms with Crippen molar-refractivity contribution in [2.75, 3.05) is 5.73 Å². The number of fused-ring (bicyclic) bond motifs is 2. The van der Waals surface area contributed by atoms with Gasteiger partial charge in [-0.1, -0.05) is 48.2 Å². The second kappa shape index (κ2) is 5.74. The molecule has 0 atom stereocenters. The number of nitrogen functional groups attached to an aromatic ring is 1. The SMILES string of the molecule is CC(C)(C)n1nc(Sc2cccc3ccccc23)c2c(N)ncnc21. The molecule has 0 amide bonds. The molecule has 2 aromatic carbocycles. The molecule has 0 aliphatic rings. The summed E-state index contributed by atoms with van der Waals surface area (Å²) in [6.07, 6.45) is 1.49. The van der Waals surface area contributed by atoms with Crippen LogP contribution in [0.5, 0.6) is 0 Å². The van der Waals surface area contributed by atoms with Crippen molar-refractivity contribution >= 4 is 39.4 Å². The quantitative estimate of drug-likeness (QED) is 0.578. The molecule has 0 bridgehead atoms. The highest BCUT2D eigenvalue weighted by atomic mass is 32.2. The number of nitrogens with zero attached hydrogens (tertiary/aromatic N) is 4. The smallest absolute Gasteiger partial charge is 0.165 e. The summed E-state index contributed by atoms with van der Waals surface area (Å²) in [6, 6.07) is 14.6. The van der Waals surface area contributed by atoms with Crippen LogP contribution in [0.25, 0.3) is 21.8 Å². The third-order valence-corrected chi connectivity index (χ3v) is 5.11. The largest absolute Gasteiger partial charge is 0.383 e. The predicted octanol–water partition coefficient (Wildman–Crippen LogP) is 4.47. The average molecular weight is 349 g/mol. The van der Waals surface area contributed by atoms with Crippen molar-refractivity contribution in [1.82, 2.24) is 19.7 Å². The van der Waals surface area contributed by atoms with E-state index in [1.165, 1.54) is 17.1 Å². The van der Waals surface area contributed by atoms with Crippen LogP contribution in [-0.4, -0.2) is 19.7 Å². The first-order valence-electron chi connectivity index (χ1n) is 8.10. The minimum Gasteiger partial charge on any atom is -0.383 e. The van der Waals surface area contributed by atoms with E-state index in [4.69, 9.17) is 10.8 Å². The molecule has 126 valence electrons. The molecule has 4 aromatic rings. The number of aromatic nitrogens is 4. The molecule has 0 spiro atoms. The number of rotatable bonds is 2. The van der Waals surface area contributed by atoms with E-state index in [9.17, 15) is 0 Å². The van der Waals surface area contributed by atoms with E-state index < -0.39 is 0 Å². The van der Waals surface area contributed by atoms with Crippen molar-refractivity contribution in [3.63, 3.8) is 0 Å². The summed E-state index contributed by atoms with van der Waals surface area (Å²) in [6.45, 7) is 6.30. The lowest BCUT2D eigenvalue weighted by atomic mass is 10.1. The van der Waals surface area contributed by atoms with E-state index in [2.05, 4.69) is 67.1 Å². The van der Waals surface area contributed by atoms with Gasteiger partial charge < -0.3 is 5.73 Å². The van der Waals surface area contributed by atoms with Gasteiger partial charge in [0.2, 0.25) is 0 Å². The lowest BCUT2D eigenvalue weighted by Crippen LogP contribution is -2.23. The molecule has 2 heterocycles. The third kappa shape index (κ3) is 2.72. The number of hydrogen-bond donors (Lipinski definition) is 1. The Bertz CT molecular complexity index is 1070. The van der Waals surface area contributed by atoms with Gasteiger partial charge in [-0.2, -0.15) is 5.10 Å². The first-order chi connectivity index (χ1) is 11.9. The second-order valence-electron chi connectivity index (χ2n) is 6.92. The highest BCUT2D eigenvalue weighted by Crippen LogP contribution is 2.38. The predicted molar refractivity (Wildman–Crippen MR) is 103 cm³/mol. The van der Waals surface area contributed by atoms with Crippen LogP contribution in [-0.2, 0) is 5.54 Å². The van der Waals surface area contributed by atoms with Crippen molar-refractivity contribution in [2.24, 2.45) is 0 Å². The summed E-state index contributed by atoms with van der Waals surface area (Å²) >= 11 is 1.61. The van der Waals surface area contributed by atoms with Gasteiger partial charge in [-0.15, -0.1) is 0 Å². The lowest BCUT2D eigenvalue weighted by molar-refractivity contribution is 0.360. The van der Waals surface area contributed by atoms with Gasteiger partial charge in [0.25, 0.3) is 0 Å². The third-order valence-electron chi connectivity index (χ3n) is 4.05. The van der Waals surface area contributed by atoms with E-state index in [0.717, 1.165) is 21.0 Å². The summed E-state index contributed by atoms with van der Waals surface area (Å²) in [5, 5.41) is 8.87. The normalized spacial score (nSPS) is 12.1. The maximum absolute atomic E-state index is 6.16. The Balaban J connectivity index is 1.92. The van der Waals surface area contributed by atoms with Crippen LogP contribution >= 0.6 is 11.8 Å². The monoisotopic (exact) mass is 349 g/mol. The van der Waals surface area contributed by atoms with Crippen LogP contribution in [0.1, 0.15) is 20.8 Å². The van der Waals surface area contributed by atoms with Crippen LogP contribution in [0.2, 0.25) is 0 Å². The van der Waals surface area contributed by atoms with Crippen LogP contribution in [0.15, 0.2) is 58.7 Å². The first-order valence-corrected chi connectivity index (χ1v) is 8.92. The van der Waals surface area contributed by atoms with Crippen LogP contribution in [0.4, 0.5) is 5.82 Å². The van der Waals surface area contributed by atoms with E-state index >= 15 is 0 Å². The second-order valence-corrected chi connectivity index (χ2v) is 7.96. The molecule has 5 nitrogen and oxygen atoms in total. The molecular weight excluding hydrogens is 330 g/mol. The Hall–Kier alpha value is -2.60. The fraction of sp³-hybridized carbons (Fsp3) is 0.211. The summed E-state index contributed by atoms with van der Waals surface area (Å²) in [5.74, 6) is 0.461. The van der Waals surface area contributed by atoms with Gasteiger partial charge in [0.1, 0.15) is 17.2 Å². The number of hydrogen-bond acceptors (Lipinski definition) is 5. The topological polar surface area (TPSA) is 69.6 Å². The molecule has 0 fully saturated rings. The van der Waals surface area contributed by atoms with Crippen molar-refractivity contribution in [1.29, 1.82) is 0 Å². The van der Waals surface area contributed by atoms with Gasteiger partial charge in [0.15, 0.2) is 5.65 Å². The highest BCUT2D eigenvalue weighted by Gasteiger charge is 2.23. The van der Waals surface area contributed by atoms with Crippen LogP contribution in [0, 0.1) is 0 Å². The first kappa shape index (κ1) is 15.9. The molecule has 0 radical (unpaired) electrons. The van der Waals surface area contributed by atoms with Gasteiger partial charge in [-0.05, 0) is 37.6 Å². The average Bonchev–Trinajstić information content (AvgIpc) is 2.95. The van der Waals surface area contributed by atoms with Gasteiger partial charge in [0.05, 0.1) is 10.9 Å². The highest BCUT2D eigenvalue weighted by molar-refractivity contribution is 7.99. The van der Waals surface area contributed by atoms with Crippen LogP contribution < -0.4 is 5.73 Å². The minimum atomic E-state index is -0.198. The molecule has 0 unspecified atom stereocenters. The molecule has 6 heteroatoms. The van der Waals surface area contributed by atoms with Crippen molar-refractivity contribution in [2.45, 2.75) is 36.2 Å². The molecule has 2 aromatic heterocycles. The Morgan fingerprint density at radius 3 is 2.56 bits per heavy atom. The molecule has 2 N–H and O–H groups in total. The summed E-state index contributed by atoms with van der Waals surface area (Å²) in [7, 11) is 0. The van der Waals surface area contributed by atoms with Crippen LogP contribution in [0.3, 0.4) is 0 Å².